The molecule has 4 heteroatoms. The van der Waals surface area contributed by atoms with E-state index >= 15 is 0 Å². The number of carbonyl (C=O) groups excluding carboxylic acids is 1. The fraction of sp³-hybridized carbons (Fsp3) is 0.273. The maximum atomic E-state index is 11.2. The van der Waals surface area contributed by atoms with Gasteiger partial charge < -0.3 is 9.47 Å². The van der Waals surface area contributed by atoms with Crippen LogP contribution in [0.15, 0.2) is 12.1 Å². The summed E-state index contributed by atoms with van der Waals surface area (Å²) in [4.78, 5) is 11.2. The quantitative estimate of drug-likeness (QED) is 0.705. The molecule has 0 aliphatic heterocycles. The van der Waals surface area contributed by atoms with Crippen LogP contribution in [-0.2, 0) is 0 Å². The third kappa shape index (κ3) is 1.91. The van der Waals surface area contributed by atoms with Crippen LogP contribution in [0.4, 0.5) is 0 Å². The minimum atomic E-state index is -0.174. The molecule has 0 N–H and O–H groups in total. The number of carbonyl (C=O) groups is 1. The van der Waals surface area contributed by atoms with Gasteiger partial charge in [-0.2, -0.15) is 5.26 Å². The summed E-state index contributed by atoms with van der Waals surface area (Å²) in [7, 11) is 2.91. The predicted molar refractivity (Wildman–Crippen MR) is 54.3 cm³/mol. The van der Waals surface area contributed by atoms with E-state index in [1.165, 1.54) is 21.1 Å². The molecular formula is C11H11NO3. The van der Waals surface area contributed by atoms with Gasteiger partial charge >= 0.3 is 0 Å². The lowest BCUT2D eigenvalue weighted by atomic mass is 10.0. The monoisotopic (exact) mass is 205 g/mol. The molecule has 15 heavy (non-hydrogen) atoms. The Morgan fingerprint density at radius 1 is 1.33 bits per heavy atom. The van der Waals surface area contributed by atoms with E-state index in [0.29, 0.717) is 17.1 Å². The molecule has 78 valence electrons. The fourth-order valence-electron chi connectivity index (χ4n) is 1.33. The minimum absolute atomic E-state index is 0.174. The number of nitrogens with zero attached hydrogens (tertiary/aromatic N) is 1. The Kier molecular flexibility index (Phi) is 3.29. The van der Waals surface area contributed by atoms with E-state index in [-0.39, 0.29) is 11.3 Å². The maximum Gasteiger partial charge on any atom is 0.179 e. The molecular weight excluding hydrogens is 194 g/mol. The molecule has 0 spiro atoms. The van der Waals surface area contributed by atoms with Crippen molar-refractivity contribution >= 4 is 5.78 Å². The largest absolute Gasteiger partial charge is 0.493 e. The van der Waals surface area contributed by atoms with Gasteiger partial charge in [0.1, 0.15) is 11.6 Å². The number of ketones is 1. The first-order chi connectivity index (χ1) is 7.15. The molecule has 0 saturated carbocycles. The van der Waals surface area contributed by atoms with Crippen LogP contribution in [-0.4, -0.2) is 20.0 Å². The summed E-state index contributed by atoms with van der Waals surface area (Å²) in [5, 5.41) is 8.96. The van der Waals surface area contributed by atoms with Crippen LogP contribution < -0.4 is 9.47 Å². The Morgan fingerprint density at radius 2 is 2.00 bits per heavy atom. The lowest BCUT2D eigenvalue weighted by Gasteiger charge is -2.10. The highest BCUT2D eigenvalue weighted by Gasteiger charge is 2.16. The Hall–Kier alpha value is -2.02. The molecule has 0 aliphatic rings. The van der Waals surface area contributed by atoms with Crippen molar-refractivity contribution < 1.29 is 14.3 Å². The van der Waals surface area contributed by atoms with E-state index in [0.717, 1.165) is 0 Å². The van der Waals surface area contributed by atoms with Gasteiger partial charge in [0.25, 0.3) is 0 Å². The molecule has 4 nitrogen and oxygen atoms in total. The zero-order chi connectivity index (χ0) is 11.4. The summed E-state index contributed by atoms with van der Waals surface area (Å²) in [6.45, 7) is 1.40. The summed E-state index contributed by atoms with van der Waals surface area (Å²) in [6, 6.07) is 5.11. The number of rotatable bonds is 3. The van der Waals surface area contributed by atoms with Crippen LogP contribution in [0.5, 0.6) is 11.5 Å². The van der Waals surface area contributed by atoms with Crippen molar-refractivity contribution in [2.45, 2.75) is 6.92 Å². The summed E-state index contributed by atoms with van der Waals surface area (Å²) >= 11 is 0. The number of Topliss-reactive ketones (excluding diaryl/α,β-unsaturated/α-hetero) is 1. The van der Waals surface area contributed by atoms with Gasteiger partial charge in [0, 0.05) is 5.56 Å². The Balaban J connectivity index is 3.50. The van der Waals surface area contributed by atoms with E-state index in [1.807, 2.05) is 6.07 Å². The van der Waals surface area contributed by atoms with Crippen molar-refractivity contribution in [2.75, 3.05) is 14.2 Å². The maximum absolute atomic E-state index is 11.2. The van der Waals surface area contributed by atoms with Crippen molar-refractivity contribution in [1.29, 1.82) is 5.26 Å². The standard InChI is InChI=1S/C11H11NO3/c1-7(13)8-4-5-10(14-2)11(15-3)9(8)6-12/h4-5H,1-3H3. The highest BCUT2D eigenvalue weighted by molar-refractivity contribution is 5.97. The highest BCUT2D eigenvalue weighted by Crippen LogP contribution is 2.32. The molecule has 0 radical (unpaired) electrons. The number of hydrogen-bond donors (Lipinski definition) is 0. The van der Waals surface area contributed by atoms with E-state index in [4.69, 9.17) is 14.7 Å². The zero-order valence-electron chi connectivity index (χ0n) is 8.83. The Morgan fingerprint density at radius 3 is 2.40 bits per heavy atom. The number of ether oxygens (including phenoxy) is 2. The molecule has 0 bridgehead atoms. The number of hydrogen-bond acceptors (Lipinski definition) is 4. The molecule has 0 atom stereocenters. The highest BCUT2D eigenvalue weighted by atomic mass is 16.5. The fourth-order valence-corrected chi connectivity index (χ4v) is 1.33. The smallest absolute Gasteiger partial charge is 0.179 e. The second-order valence-corrected chi connectivity index (χ2v) is 2.89. The summed E-state index contributed by atoms with van der Waals surface area (Å²) in [5.74, 6) is 0.569. The first kappa shape index (κ1) is 11.1. The zero-order valence-corrected chi connectivity index (χ0v) is 8.83. The van der Waals surface area contributed by atoms with Gasteiger partial charge in [-0.25, -0.2) is 0 Å². The summed E-state index contributed by atoms with van der Waals surface area (Å²) < 4.78 is 10.1. The molecule has 0 heterocycles. The third-order valence-corrected chi connectivity index (χ3v) is 2.04. The average molecular weight is 205 g/mol. The van der Waals surface area contributed by atoms with E-state index < -0.39 is 0 Å². The van der Waals surface area contributed by atoms with Crippen molar-refractivity contribution in [1.82, 2.24) is 0 Å². The van der Waals surface area contributed by atoms with Gasteiger partial charge in [-0.1, -0.05) is 0 Å². The molecule has 1 aromatic carbocycles. The molecule has 0 unspecified atom stereocenters. The number of methoxy groups -OCH3 is 2. The van der Waals surface area contributed by atoms with Crippen LogP contribution in [0.25, 0.3) is 0 Å². The van der Waals surface area contributed by atoms with E-state index in [9.17, 15) is 4.79 Å². The van der Waals surface area contributed by atoms with Gasteiger partial charge in [-0.15, -0.1) is 0 Å². The van der Waals surface area contributed by atoms with Gasteiger partial charge in [0.05, 0.1) is 14.2 Å². The molecule has 0 fully saturated rings. The van der Waals surface area contributed by atoms with Crippen LogP contribution in [0.1, 0.15) is 22.8 Å². The number of benzene rings is 1. The van der Waals surface area contributed by atoms with Crippen LogP contribution >= 0.6 is 0 Å². The molecule has 0 saturated heterocycles. The second-order valence-electron chi connectivity index (χ2n) is 2.89. The van der Waals surface area contributed by atoms with Crippen LogP contribution in [0.2, 0.25) is 0 Å². The van der Waals surface area contributed by atoms with Crippen molar-refractivity contribution in [3.63, 3.8) is 0 Å². The van der Waals surface area contributed by atoms with Gasteiger partial charge in [-0.3, -0.25) is 4.79 Å². The lowest BCUT2D eigenvalue weighted by molar-refractivity contribution is 0.101. The van der Waals surface area contributed by atoms with E-state index in [2.05, 4.69) is 0 Å². The molecule has 1 aromatic rings. The topological polar surface area (TPSA) is 59.3 Å². The second kappa shape index (κ2) is 4.47. The third-order valence-electron chi connectivity index (χ3n) is 2.04. The van der Waals surface area contributed by atoms with Crippen molar-refractivity contribution in [2.24, 2.45) is 0 Å². The first-order valence-corrected chi connectivity index (χ1v) is 4.31. The Labute approximate surface area is 88.0 Å². The van der Waals surface area contributed by atoms with Crippen molar-refractivity contribution in [3.05, 3.63) is 23.3 Å². The average Bonchev–Trinajstić information content (AvgIpc) is 2.26. The lowest BCUT2D eigenvalue weighted by Crippen LogP contribution is -2.01. The SMILES string of the molecule is COc1ccc(C(C)=O)c(C#N)c1OC. The van der Waals surface area contributed by atoms with E-state index in [1.54, 1.807) is 12.1 Å². The molecule has 0 amide bonds. The summed E-state index contributed by atoms with van der Waals surface area (Å²) in [6.07, 6.45) is 0. The van der Waals surface area contributed by atoms with Gasteiger partial charge in [0.2, 0.25) is 0 Å². The van der Waals surface area contributed by atoms with Crippen LogP contribution in [0.3, 0.4) is 0 Å². The Bertz CT molecular complexity index is 432. The van der Waals surface area contributed by atoms with Crippen LogP contribution in [0, 0.1) is 11.3 Å². The predicted octanol–water partition coefficient (Wildman–Crippen LogP) is 1.78. The molecule has 1 rings (SSSR count). The summed E-state index contributed by atoms with van der Waals surface area (Å²) in [5.41, 5.74) is 0.555. The van der Waals surface area contributed by atoms with Crippen molar-refractivity contribution in [3.8, 4) is 17.6 Å². The molecule has 0 aliphatic carbocycles. The normalized spacial score (nSPS) is 9.20. The van der Waals surface area contributed by atoms with Gasteiger partial charge in [0.15, 0.2) is 17.3 Å². The van der Waals surface area contributed by atoms with Gasteiger partial charge in [-0.05, 0) is 19.1 Å². The first-order valence-electron chi connectivity index (χ1n) is 4.31. The molecule has 0 aromatic heterocycles. The number of nitriles is 1. The minimum Gasteiger partial charge on any atom is -0.493 e.